The molecule has 116 valence electrons. The Hall–Kier alpha value is -0.940. The molecule has 1 heterocycles. The van der Waals surface area contributed by atoms with Crippen LogP contribution in [0.4, 0.5) is 0 Å². The van der Waals surface area contributed by atoms with Gasteiger partial charge in [0.2, 0.25) is 0 Å². The van der Waals surface area contributed by atoms with Crippen LogP contribution >= 0.6 is 0 Å². The van der Waals surface area contributed by atoms with Crippen molar-refractivity contribution in [3.8, 4) is 0 Å². The Morgan fingerprint density at radius 2 is 1.81 bits per heavy atom. The molecule has 21 heavy (non-hydrogen) atoms. The Morgan fingerprint density at radius 1 is 1.14 bits per heavy atom. The van der Waals surface area contributed by atoms with E-state index in [1.54, 1.807) is 0 Å². The Bertz CT molecular complexity index is 421. The van der Waals surface area contributed by atoms with E-state index in [4.69, 9.17) is 9.47 Å². The molecule has 0 unspecified atom stereocenters. The smallest absolute Gasteiger partial charge is 0.168 e. The molecule has 1 saturated heterocycles. The molecule has 2 fully saturated rings. The minimum absolute atomic E-state index is 0.122. The summed E-state index contributed by atoms with van der Waals surface area (Å²) < 4.78 is 11.5. The lowest BCUT2D eigenvalue weighted by molar-refractivity contribution is -0.179. The molecule has 4 nitrogen and oxygen atoms in total. The van der Waals surface area contributed by atoms with Gasteiger partial charge >= 0.3 is 0 Å². The molecule has 3 rings (SSSR count). The Kier molecular flexibility index (Phi) is 4.91. The van der Waals surface area contributed by atoms with Crippen LogP contribution < -0.4 is 5.32 Å². The van der Waals surface area contributed by atoms with Gasteiger partial charge in [-0.1, -0.05) is 30.3 Å². The number of hydrogen-bond acceptors (Lipinski definition) is 4. The molecule has 1 atom stereocenters. The number of rotatable bonds is 5. The van der Waals surface area contributed by atoms with Gasteiger partial charge in [0.15, 0.2) is 5.79 Å². The molecule has 0 radical (unpaired) electrons. The highest BCUT2D eigenvalue weighted by Gasteiger charge is 2.40. The zero-order chi connectivity index (χ0) is 14.5. The van der Waals surface area contributed by atoms with E-state index in [1.165, 1.54) is 5.56 Å². The van der Waals surface area contributed by atoms with E-state index < -0.39 is 0 Å². The predicted octanol–water partition coefficient (Wildman–Crippen LogP) is 1.87. The van der Waals surface area contributed by atoms with Crippen LogP contribution in [0.1, 0.15) is 31.2 Å². The van der Waals surface area contributed by atoms with Gasteiger partial charge < -0.3 is 19.9 Å². The van der Waals surface area contributed by atoms with Crippen LogP contribution in [0.3, 0.4) is 0 Å². The Morgan fingerprint density at radius 3 is 2.43 bits per heavy atom. The zero-order valence-corrected chi connectivity index (χ0v) is 12.5. The monoisotopic (exact) mass is 291 g/mol. The number of nitrogens with one attached hydrogen (secondary N) is 1. The second-order valence-corrected chi connectivity index (χ2v) is 6.12. The number of ether oxygens (including phenoxy) is 2. The number of aliphatic hydroxyl groups excluding tert-OH is 1. The maximum atomic E-state index is 9.61. The molecule has 0 amide bonds. The van der Waals surface area contributed by atoms with E-state index in [0.717, 1.165) is 45.3 Å². The normalized spacial score (nSPS) is 23.5. The first-order valence-corrected chi connectivity index (χ1v) is 7.98. The topological polar surface area (TPSA) is 50.7 Å². The van der Waals surface area contributed by atoms with Crippen molar-refractivity contribution in [3.63, 3.8) is 0 Å². The molecule has 2 aliphatic rings. The van der Waals surface area contributed by atoms with Gasteiger partial charge in [-0.3, -0.25) is 0 Å². The molecular weight excluding hydrogens is 266 g/mol. The fraction of sp³-hybridized carbons (Fsp3) is 0.647. The van der Waals surface area contributed by atoms with E-state index in [0.29, 0.717) is 6.04 Å². The second kappa shape index (κ2) is 6.88. The van der Waals surface area contributed by atoms with Crippen LogP contribution in [0.15, 0.2) is 30.3 Å². The maximum absolute atomic E-state index is 9.61. The van der Waals surface area contributed by atoms with Gasteiger partial charge in [-0.05, 0) is 24.8 Å². The lowest BCUT2D eigenvalue weighted by Crippen LogP contribution is -2.47. The van der Waals surface area contributed by atoms with Crippen molar-refractivity contribution in [2.45, 2.75) is 50.0 Å². The van der Waals surface area contributed by atoms with E-state index in [9.17, 15) is 5.11 Å². The quantitative estimate of drug-likeness (QED) is 0.869. The SMILES string of the molecule is OC[C@H](Cc1ccccc1)NC1CCC2(CC1)OCCO2. The number of hydrogen-bond donors (Lipinski definition) is 2. The highest BCUT2D eigenvalue weighted by Crippen LogP contribution is 2.35. The maximum Gasteiger partial charge on any atom is 0.168 e. The summed E-state index contributed by atoms with van der Waals surface area (Å²) in [5.74, 6) is -0.299. The van der Waals surface area contributed by atoms with Crippen LogP contribution in [0.25, 0.3) is 0 Å². The first-order chi connectivity index (χ1) is 10.3. The van der Waals surface area contributed by atoms with Gasteiger partial charge in [0.25, 0.3) is 0 Å². The van der Waals surface area contributed by atoms with Crippen molar-refractivity contribution >= 4 is 0 Å². The van der Waals surface area contributed by atoms with Gasteiger partial charge in [-0.2, -0.15) is 0 Å². The predicted molar refractivity (Wildman–Crippen MR) is 81.0 cm³/mol. The van der Waals surface area contributed by atoms with Crippen molar-refractivity contribution in [1.29, 1.82) is 0 Å². The van der Waals surface area contributed by atoms with Crippen LogP contribution in [0, 0.1) is 0 Å². The third-order valence-corrected chi connectivity index (χ3v) is 4.58. The van der Waals surface area contributed by atoms with Gasteiger partial charge in [-0.15, -0.1) is 0 Å². The number of aliphatic hydroxyl groups is 1. The van der Waals surface area contributed by atoms with Crippen molar-refractivity contribution in [1.82, 2.24) is 5.32 Å². The van der Waals surface area contributed by atoms with E-state index in [-0.39, 0.29) is 18.4 Å². The summed E-state index contributed by atoms with van der Waals surface area (Å²) in [5, 5.41) is 13.2. The van der Waals surface area contributed by atoms with Crippen molar-refractivity contribution < 1.29 is 14.6 Å². The molecule has 1 aromatic carbocycles. The van der Waals surface area contributed by atoms with Crippen LogP contribution in [-0.2, 0) is 15.9 Å². The fourth-order valence-electron chi connectivity index (χ4n) is 3.42. The summed E-state index contributed by atoms with van der Waals surface area (Å²) in [6, 6.07) is 10.9. The summed E-state index contributed by atoms with van der Waals surface area (Å²) in [5.41, 5.74) is 1.26. The summed E-state index contributed by atoms with van der Waals surface area (Å²) in [4.78, 5) is 0. The van der Waals surface area contributed by atoms with Gasteiger partial charge in [0.1, 0.15) is 0 Å². The van der Waals surface area contributed by atoms with E-state index in [2.05, 4.69) is 17.4 Å². The first-order valence-electron chi connectivity index (χ1n) is 7.98. The second-order valence-electron chi connectivity index (χ2n) is 6.12. The Balaban J connectivity index is 1.49. The minimum Gasteiger partial charge on any atom is -0.395 e. The molecule has 1 aromatic rings. The molecular formula is C17H25NO3. The van der Waals surface area contributed by atoms with E-state index in [1.807, 2.05) is 18.2 Å². The third kappa shape index (κ3) is 3.83. The van der Waals surface area contributed by atoms with Crippen LogP contribution in [0.2, 0.25) is 0 Å². The third-order valence-electron chi connectivity index (χ3n) is 4.58. The molecule has 4 heteroatoms. The van der Waals surface area contributed by atoms with Gasteiger partial charge in [0.05, 0.1) is 19.8 Å². The molecule has 0 bridgehead atoms. The van der Waals surface area contributed by atoms with Crippen molar-refractivity contribution in [2.24, 2.45) is 0 Å². The van der Waals surface area contributed by atoms with Gasteiger partial charge in [-0.25, -0.2) is 0 Å². The fourth-order valence-corrected chi connectivity index (χ4v) is 3.42. The highest BCUT2D eigenvalue weighted by atomic mass is 16.7. The zero-order valence-electron chi connectivity index (χ0n) is 12.5. The average molecular weight is 291 g/mol. The van der Waals surface area contributed by atoms with Crippen LogP contribution in [0.5, 0.6) is 0 Å². The Labute approximate surface area is 126 Å². The minimum atomic E-state index is -0.299. The average Bonchev–Trinajstić information content (AvgIpc) is 2.98. The highest BCUT2D eigenvalue weighted by molar-refractivity contribution is 5.16. The first kappa shape index (κ1) is 15.0. The molecule has 2 N–H and O–H groups in total. The molecule has 1 spiro atoms. The summed E-state index contributed by atoms with van der Waals surface area (Å²) in [7, 11) is 0. The lowest BCUT2D eigenvalue weighted by Gasteiger charge is -2.37. The standard InChI is InChI=1S/C17H25NO3/c19-13-16(12-14-4-2-1-3-5-14)18-15-6-8-17(9-7-15)20-10-11-21-17/h1-5,15-16,18-19H,6-13H2/t16-/m0/s1. The van der Waals surface area contributed by atoms with Crippen LogP contribution in [-0.4, -0.2) is 42.8 Å². The summed E-state index contributed by atoms with van der Waals surface area (Å²) >= 11 is 0. The summed E-state index contributed by atoms with van der Waals surface area (Å²) in [6.07, 6.45) is 4.87. The molecule has 0 aromatic heterocycles. The van der Waals surface area contributed by atoms with Crippen molar-refractivity contribution in [3.05, 3.63) is 35.9 Å². The molecule has 1 saturated carbocycles. The summed E-state index contributed by atoms with van der Waals surface area (Å²) in [6.45, 7) is 1.63. The molecule has 1 aliphatic carbocycles. The lowest BCUT2D eigenvalue weighted by atomic mass is 9.89. The van der Waals surface area contributed by atoms with E-state index >= 15 is 0 Å². The van der Waals surface area contributed by atoms with Crippen molar-refractivity contribution in [2.75, 3.05) is 19.8 Å². The van der Waals surface area contributed by atoms with Gasteiger partial charge in [0, 0.05) is 24.9 Å². The molecule has 1 aliphatic heterocycles. The largest absolute Gasteiger partial charge is 0.395 e. The number of benzene rings is 1.